The lowest BCUT2D eigenvalue weighted by atomic mass is 10.1. The fourth-order valence-corrected chi connectivity index (χ4v) is 5.58. The van der Waals surface area contributed by atoms with Gasteiger partial charge < -0.3 is 0 Å². The first-order chi connectivity index (χ1) is 12.4. The molecule has 0 radical (unpaired) electrons. The number of hydrogen-bond donors (Lipinski definition) is 0. The van der Waals surface area contributed by atoms with E-state index in [0.29, 0.717) is 6.54 Å². The summed E-state index contributed by atoms with van der Waals surface area (Å²) in [6, 6.07) is 0. The molecule has 5 rings (SSSR count). The summed E-state index contributed by atoms with van der Waals surface area (Å²) in [4.78, 5) is 26.8. The SMILES string of the molecule is Cc1cn2c(/C=C3\CCn4c3nc3sc(C)c(C)c3c4=O)c(C)nc2s1. The predicted molar refractivity (Wildman–Crippen MR) is 108 cm³/mol. The number of imidazole rings is 1. The van der Waals surface area contributed by atoms with E-state index in [-0.39, 0.29) is 5.56 Å². The summed E-state index contributed by atoms with van der Waals surface area (Å²) < 4.78 is 3.97. The van der Waals surface area contributed by atoms with Gasteiger partial charge in [0.05, 0.1) is 16.8 Å². The maximum Gasteiger partial charge on any atom is 0.262 e. The number of hydrogen-bond acceptors (Lipinski definition) is 5. The molecule has 5 heterocycles. The van der Waals surface area contributed by atoms with Crippen LogP contribution in [0, 0.1) is 27.7 Å². The zero-order chi connectivity index (χ0) is 18.2. The Bertz CT molecular complexity index is 1300. The van der Waals surface area contributed by atoms with Gasteiger partial charge in [-0.2, -0.15) is 0 Å². The molecule has 0 saturated carbocycles. The van der Waals surface area contributed by atoms with Gasteiger partial charge in [-0.25, -0.2) is 9.97 Å². The van der Waals surface area contributed by atoms with Crippen molar-refractivity contribution in [1.82, 2.24) is 18.9 Å². The first-order valence-corrected chi connectivity index (χ1v) is 10.2. The molecular weight excluding hydrogens is 364 g/mol. The molecule has 1 aliphatic heterocycles. The lowest BCUT2D eigenvalue weighted by molar-refractivity contribution is 0.726. The smallest absolute Gasteiger partial charge is 0.262 e. The number of aromatic nitrogens is 4. The minimum absolute atomic E-state index is 0.0942. The maximum atomic E-state index is 13.0. The van der Waals surface area contributed by atoms with Crippen molar-refractivity contribution in [3.8, 4) is 0 Å². The quantitative estimate of drug-likeness (QED) is 0.492. The number of fused-ring (bicyclic) bond motifs is 3. The molecule has 0 amide bonds. The summed E-state index contributed by atoms with van der Waals surface area (Å²) in [5, 5.41) is 0.786. The van der Waals surface area contributed by atoms with Crippen LogP contribution >= 0.6 is 22.7 Å². The Labute approximate surface area is 158 Å². The summed E-state index contributed by atoms with van der Waals surface area (Å²) in [7, 11) is 0. The second-order valence-corrected chi connectivity index (χ2v) is 9.27. The molecule has 26 heavy (non-hydrogen) atoms. The van der Waals surface area contributed by atoms with Gasteiger partial charge in [0.2, 0.25) is 0 Å². The van der Waals surface area contributed by atoms with Gasteiger partial charge in [-0.05, 0) is 51.3 Å². The van der Waals surface area contributed by atoms with Gasteiger partial charge in [0.1, 0.15) is 10.7 Å². The van der Waals surface area contributed by atoms with Crippen LogP contribution in [0.5, 0.6) is 0 Å². The van der Waals surface area contributed by atoms with E-state index < -0.39 is 0 Å². The van der Waals surface area contributed by atoms with Crippen LogP contribution < -0.4 is 5.56 Å². The largest absolute Gasteiger partial charge is 0.292 e. The van der Waals surface area contributed by atoms with Crippen molar-refractivity contribution in [2.24, 2.45) is 0 Å². The Kier molecular flexibility index (Phi) is 3.30. The van der Waals surface area contributed by atoms with E-state index >= 15 is 0 Å². The molecule has 0 aromatic carbocycles. The van der Waals surface area contributed by atoms with E-state index in [1.165, 1.54) is 9.75 Å². The van der Waals surface area contributed by atoms with Crippen molar-refractivity contribution in [3.05, 3.63) is 49.1 Å². The molecule has 0 N–H and O–H groups in total. The number of thiazole rings is 1. The predicted octanol–water partition coefficient (Wildman–Crippen LogP) is 4.35. The Morgan fingerprint density at radius 1 is 1.15 bits per heavy atom. The molecule has 0 unspecified atom stereocenters. The van der Waals surface area contributed by atoms with Crippen molar-refractivity contribution in [2.45, 2.75) is 40.7 Å². The van der Waals surface area contributed by atoms with E-state index in [0.717, 1.165) is 49.9 Å². The van der Waals surface area contributed by atoms with Gasteiger partial charge in [0.25, 0.3) is 5.56 Å². The molecular formula is C19H18N4OS2. The highest BCUT2D eigenvalue weighted by Gasteiger charge is 2.24. The standard InChI is InChI=1S/C19H18N4OS2/c1-9-8-23-14(11(3)20-19(23)25-9)7-13-5-6-22-16(13)21-17-15(18(22)24)10(2)12(4)26-17/h7-8H,5-6H2,1-4H3/b13-7+. The van der Waals surface area contributed by atoms with Crippen LogP contribution in [0.25, 0.3) is 26.8 Å². The van der Waals surface area contributed by atoms with E-state index in [1.807, 2.05) is 18.4 Å². The molecule has 4 aromatic heterocycles. The molecule has 0 fully saturated rings. The Hall–Kier alpha value is -2.25. The van der Waals surface area contributed by atoms with Crippen molar-refractivity contribution in [1.29, 1.82) is 0 Å². The van der Waals surface area contributed by atoms with Crippen LogP contribution in [-0.4, -0.2) is 18.9 Å². The lowest BCUT2D eigenvalue weighted by Gasteiger charge is -2.03. The van der Waals surface area contributed by atoms with E-state index in [1.54, 1.807) is 22.7 Å². The number of nitrogens with zero attached hydrogens (tertiary/aromatic N) is 4. The van der Waals surface area contributed by atoms with Crippen LogP contribution in [0.1, 0.15) is 39.0 Å². The average molecular weight is 383 g/mol. The maximum absolute atomic E-state index is 13.0. The summed E-state index contributed by atoms with van der Waals surface area (Å²) >= 11 is 3.30. The fraction of sp³-hybridized carbons (Fsp3) is 0.316. The first-order valence-electron chi connectivity index (χ1n) is 8.60. The van der Waals surface area contributed by atoms with Crippen molar-refractivity contribution >= 4 is 49.5 Å². The van der Waals surface area contributed by atoms with E-state index in [9.17, 15) is 4.79 Å². The second kappa shape index (κ2) is 5.37. The molecule has 7 heteroatoms. The highest BCUT2D eigenvalue weighted by Crippen LogP contribution is 2.33. The van der Waals surface area contributed by atoms with Crippen LogP contribution in [-0.2, 0) is 6.54 Å². The first kappa shape index (κ1) is 16.0. The highest BCUT2D eigenvalue weighted by atomic mass is 32.1. The van der Waals surface area contributed by atoms with Crippen molar-refractivity contribution < 1.29 is 0 Å². The third kappa shape index (κ3) is 2.10. The van der Waals surface area contributed by atoms with Gasteiger partial charge in [0.15, 0.2) is 4.96 Å². The summed E-state index contributed by atoms with van der Waals surface area (Å²) in [6.45, 7) is 8.89. The minimum Gasteiger partial charge on any atom is -0.292 e. The molecule has 1 aliphatic rings. The topological polar surface area (TPSA) is 52.2 Å². The molecule has 0 bridgehead atoms. The lowest BCUT2D eigenvalue weighted by Crippen LogP contribution is -2.20. The van der Waals surface area contributed by atoms with E-state index in [2.05, 4.69) is 35.5 Å². The number of allylic oxidation sites excluding steroid dienone is 1. The Morgan fingerprint density at radius 3 is 2.77 bits per heavy atom. The number of rotatable bonds is 1. The summed E-state index contributed by atoms with van der Waals surface area (Å²) in [5.41, 5.74) is 4.37. The monoisotopic (exact) mass is 382 g/mol. The molecule has 5 nitrogen and oxygen atoms in total. The Balaban J connectivity index is 1.74. The zero-order valence-corrected chi connectivity index (χ0v) is 16.7. The van der Waals surface area contributed by atoms with Crippen molar-refractivity contribution in [3.63, 3.8) is 0 Å². The number of aryl methyl sites for hydroxylation is 4. The normalized spacial score (nSPS) is 15.6. The second-order valence-electron chi connectivity index (χ2n) is 6.85. The van der Waals surface area contributed by atoms with Crippen LogP contribution in [0.2, 0.25) is 0 Å². The third-order valence-corrected chi connectivity index (χ3v) is 7.15. The van der Waals surface area contributed by atoms with Gasteiger partial charge in [-0.15, -0.1) is 22.7 Å². The summed E-state index contributed by atoms with van der Waals surface area (Å²) in [6.07, 6.45) is 5.11. The van der Waals surface area contributed by atoms with Gasteiger partial charge >= 0.3 is 0 Å². The van der Waals surface area contributed by atoms with E-state index in [4.69, 9.17) is 4.98 Å². The molecule has 0 aliphatic carbocycles. The van der Waals surface area contributed by atoms with Crippen LogP contribution in [0.4, 0.5) is 0 Å². The van der Waals surface area contributed by atoms with Crippen LogP contribution in [0.3, 0.4) is 0 Å². The third-order valence-electron chi connectivity index (χ3n) is 5.15. The minimum atomic E-state index is 0.0942. The van der Waals surface area contributed by atoms with Crippen LogP contribution in [0.15, 0.2) is 11.0 Å². The molecule has 4 aromatic rings. The van der Waals surface area contributed by atoms with Crippen molar-refractivity contribution in [2.75, 3.05) is 0 Å². The molecule has 0 atom stereocenters. The average Bonchev–Trinajstić information content (AvgIpc) is 3.28. The highest BCUT2D eigenvalue weighted by molar-refractivity contribution is 7.18. The molecule has 0 spiro atoms. The summed E-state index contributed by atoms with van der Waals surface area (Å²) in [5.74, 6) is 0.810. The number of thiophene rings is 1. The fourth-order valence-electron chi connectivity index (χ4n) is 3.68. The van der Waals surface area contributed by atoms with Gasteiger partial charge in [-0.3, -0.25) is 13.8 Å². The zero-order valence-electron chi connectivity index (χ0n) is 15.1. The van der Waals surface area contributed by atoms with Gasteiger partial charge in [-0.1, -0.05) is 0 Å². The Morgan fingerprint density at radius 2 is 1.96 bits per heavy atom. The van der Waals surface area contributed by atoms with Gasteiger partial charge in [0, 0.05) is 22.5 Å². The molecule has 0 saturated heterocycles. The molecule has 132 valence electrons.